The summed E-state index contributed by atoms with van der Waals surface area (Å²) in [5.74, 6) is -0.613. The number of hydrogen-bond donors (Lipinski definition) is 3. The van der Waals surface area contributed by atoms with Crippen LogP contribution in [0.25, 0.3) is 0 Å². The molecule has 0 saturated carbocycles. The third-order valence-electron chi connectivity index (χ3n) is 4.81. The summed E-state index contributed by atoms with van der Waals surface area (Å²) in [6, 6.07) is 13.5. The lowest BCUT2D eigenvalue weighted by molar-refractivity contribution is -0.140. The number of unbranched alkanes of at least 4 members (excludes halogenated alkanes) is 1. The maximum absolute atomic E-state index is 13.0. The van der Waals surface area contributed by atoms with Gasteiger partial charge in [-0.25, -0.2) is 4.79 Å². The largest absolute Gasteiger partial charge is 0.359 e. The summed E-state index contributed by atoms with van der Waals surface area (Å²) in [6.45, 7) is 4.49. The average molecular weight is 367 g/mol. The molecule has 0 aromatic heterocycles. The third-order valence-corrected chi connectivity index (χ3v) is 4.81. The number of nitrogens with one attached hydrogen (secondary N) is 2. The fourth-order valence-electron chi connectivity index (χ4n) is 3.25. The first-order valence-electron chi connectivity index (χ1n) is 9.32. The molecule has 27 heavy (non-hydrogen) atoms. The Morgan fingerprint density at radius 1 is 1.15 bits per heavy atom. The highest BCUT2D eigenvalue weighted by Crippen LogP contribution is 2.39. The van der Waals surface area contributed by atoms with Crippen LogP contribution in [-0.4, -0.2) is 23.6 Å². The fourth-order valence-corrected chi connectivity index (χ4v) is 3.25. The quantitative estimate of drug-likeness (QED) is 0.685. The summed E-state index contributed by atoms with van der Waals surface area (Å²) in [5.41, 5.74) is 0.204. The van der Waals surface area contributed by atoms with E-state index in [2.05, 4.69) is 10.6 Å². The number of carbonyl (C=O) groups is 2. The van der Waals surface area contributed by atoms with Crippen molar-refractivity contribution in [3.8, 4) is 0 Å². The molecule has 0 bridgehead atoms. The van der Waals surface area contributed by atoms with Gasteiger partial charge in [0, 0.05) is 17.8 Å². The number of fused-ring (bicyclic) bond motifs is 1. The zero-order valence-electron chi connectivity index (χ0n) is 15.7. The summed E-state index contributed by atoms with van der Waals surface area (Å²) in [7, 11) is 0. The molecule has 2 aromatic rings. The van der Waals surface area contributed by atoms with E-state index < -0.39 is 17.7 Å². The molecule has 1 heterocycles. The Bertz CT molecular complexity index is 835. The van der Waals surface area contributed by atoms with Crippen molar-refractivity contribution in [2.45, 2.75) is 38.8 Å². The highest BCUT2D eigenvalue weighted by Gasteiger charge is 2.51. The summed E-state index contributed by atoms with van der Waals surface area (Å²) in [4.78, 5) is 27.0. The maximum Gasteiger partial charge on any atom is 0.329 e. The zero-order valence-corrected chi connectivity index (χ0v) is 15.7. The zero-order chi connectivity index (χ0) is 19.4. The van der Waals surface area contributed by atoms with E-state index in [1.807, 2.05) is 26.0 Å². The third kappa shape index (κ3) is 3.40. The van der Waals surface area contributed by atoms with Crippen LogP contribution in [0.1, 0.15) is 37.8 Å². The minimum absolute atomic E-state index is 0.346. The molecule has 1 atom stereocenters. The van der Waals surface area contributed by atoms with Crippen LogP contribution in [0.15, 0.2) is 48.5 Å². The van der Waals surface area contributed by atoms with Gasteiger partial charge >= 0.3 is 6.03 Å². The molecule has 3 N–H and O–H groups in total. The lowest BCUT2D eigenvalue weighted by Crippen LogP contribution is -2.62. The van der Waals surface area contributed by atoms with Gasteiger partial charge in [0.15, 0.2) is 0 Å². The first-order chi connectivity index (χ1) is 13.0. The summed E-state index contributed by atoms with van der Waals surface area (Å²) >= 11 is 0. The van der Waals surface area contributed by atoms with Crippen molar-refractivity contribution in [1.82, 2.24) is 5.32 Å². The van der Waals surface area contributed by atoms with Gasteiger partial charge in [-0.15, -0.1) is 0 Å². The van der Waals surface area contributed by atoms with Crippen molar-refractivity contribution in [3.05, 3.63) is 59.7 Å². The lowest BCUT2D eigenvalue weighted by Gasteiger charge is -2.42. The predicted octanol–water partition coefficient (Wildman–Crippen LogP) is 3.36. The van der Waals surface area contributed by atoms with E-state index in [1.54, 1.807) is 36.4 Å². The van der Waals surface area contributed by atoms with E-state index in [4.69, 9.17) is 0 Å². The number of aryl methyl sites for hydroxylation is 1. The first-order valence-corrected chi connectivity index (χ1v) is 9.32. The van der Waals surface area contributed by atoms with Crippen molar-refractivity contribution in [2.24, 2.45) is 0 Å². The van der Waals surface area contributed by atoms with E-state index in [0.717, 1.165) is 29.7 Å². The molecule has 142 valence electrons. The standard InChI is InChI=1S/C21H25N3O3/c1-3-5-14-22-19(25)21(27)17-8-6-7-9-18(17)23-20(26)24(21)16-12-10-15(4-2)11-13-16/h6-13,27H,3-5,14H2,1-2H3,(H,22,25)(H,23,26)/t21-/m1/s1. The van der Waals surface area contributed by atoms with E-state index >= 15 is 0 Å². The van der Waals surface area contributed by atoms with Gasteiger partial charge in [0.05, 0.1) is 5.69 Å². The first kappa shape index (κ1) is 18.9. The number of aliphatic hydroxyl groups is 1. The summed E-state index contributed by atoms with van der Waals surface area (Å²) < 4.78 is 0. The highest BCUT2D eigenvalue weighted by atomic mass is 16.3. The van der Waals surface area contributed by atoms with Crippen LogP contribution in [0.4, 0.5) is 16.2 Å². The summed E-state index contributed by atoms with van der Waals surface area (Å²) in [6.07, 6.45) is 2.57. The van der Waals surface area contributed by atoms with E-state index in [0.29, 0.717) is 23.5 Å². The second-order valence-corrected chi connectivity index (χ2v) is 6.61. The Balaban J connectivity index is 2.08. The number of hydrogen-bond acceptors (Lipinski definition) is 3. The SMILES string of the molecule is CCCCNC(=O)[C@]1(O)c2ccccc2NC(=O)N1c1ccc(CC)cc1. The molecule has 3 amide bonds. The molecule has 3 rings (SSSR count). The number of amides is 3. The lowest BCUT2D eigenvalue weighted by atomic mass is 9.94. The van der Waals surface area contributed by atoms with Gasteiger partial charge in [-0.05, 0) is 36.6 Å². The van der Waals surface area contributed by atoms with Gasteiger partial charge in [-0.2, -0.15) is 0 Å². The smallest absolute Gasteiger partial charge is 0.329 e. The number of anilines is 2. The Kier molecular flexibility index (Phi) is 5.46. The van der Waals surface area contributed by atoms with Crippen LogP contribution in [0.5, 0.6) is 0 Å². The topological polar surface area (TPSA) is 81.7 Å². The van der Waals surface area contributed by atoms with Gasteiger partial charge in [-0.3, -0.25) is 9.69 Å². The molecular formula is C21H25N3O3. The molecule has 1 aliphatic heterocycles. The Morgan fingerprint density at radius 2 is 1.85 bits per heavy atom. The molecular weight excluding hydrogens is 342 g/mol. The number of carbonyl (C=O) groups excluding carboxylic acids is 2. The van der Waals surface area contributed by atoms with E-state index in [1.165, 1.54) is 0 Å². The Hall–Kier alpha value is -2.86. The minimum Gasteiger partial charge on any atom is -0.359 e. The van der Waals surface area contributed by atoms with E-state index in [-0.39, 0.29) is 0 Å². The normalized spacial score (nSPS) is 18.6. The monoisotopic (exact) mass is 367 g/mol. The number of benzene rings is 2. The summed E-state index contributed by atoms with van der Waals surface area (Å²) in [5, 5.41) is 17.1. The molecule has 6 heteroatoms. The minimum atomic E-state index is -2.12. The molecule has 0 spiro atoms. The molecule has 0 saturated heterocycles. The number of rotatable bonds is 6. The van der Waals surface area contributed by atoms with E-state index in [9.17, 15) is 14.7 Å². The Labute approximate surface area is 159 Å². The highest BCUT2D eigenvalue weighted by molar-refractivity contribution is 6.11. The molecule has 0 unspecified atom stereocenters. The molecule has 1 aliphatic rings. The van der Waals surface area contributed by atoms with Gasteiger partial charge in [0.25, 0.3) is 11.6 Å². The van der Waals surface area contributed by atoms with Crippen molar-refractivity contribution >= 4 is 23.3 Å². The number of para-hydroxylation sites is 1. The fraction of sp³-hybridized carbons (Fsp3) is 0.333. The Morgan fingerprint density at radius 3 is 2.52 bits per heavy atom. The van der Waals surface area contributed by atoms with Crippen LogP contribution in [-0.2, 0) is 16.9 Å². The maximum atomic E-state index is 13.0. The van der Waals surface area contributed by atoms with Crippen molar-refractivity contribution in [2.75, 3.05) is 16.8 Å². The van der Waals surface area contributed by atoms with Gasteiger partial charge in [0.1, 0.15) is 0 Å². The van der Waals surface area contributed by atoms with Gasteiger partial charge in [-0.1, -0.05) is 50.6 Å². The average Bonchev–Trinajstić information content (AvgIpc) is 2.68. The van der Waals surface area contributed by atoms with Crippen LogP contribution in [0.3, 0.4) is 0 Å². The van der Waals surface area contributed by atoms with Crippen molar-refractivity contribution in [3.63, 3.8) is 0 Å². The number of urea groups is 1. The van der Waals surface area contributed by atoms with Crippen LogP contribution >= 0.6 is 0 Å². The van der Waals surface area contributed by atoms with Crippen molar-refractivity contribution in [1.29, 1.82) is 0 Å². The van der Waals surface area contributed by atoms with Crippen LogP contribution in [0, 0.1) is 0 Å². The molecule has 0 radical (unpaired) electrons. The van der Waals surface area contributed by atoms with Gasteiger partial charge in [0.2, 0.25) is 0 Å². The van der Waals surface area contributed by atoms with Crippen molar-refractivity contribution < 1.29 is 14.7 Å². The predicted molar refractivity (Wildman–Crippen MR) is 106 cm³/mol. The molecule has 0 aliphatic carbocycles. The van der Waals surface area contributed by atoms with Gasteiger partial charge < -0.3 is 15.7 Å². The molecule has 6 nitrogen and oxygen atoms in total. The second kappa shape index (κ2) is 7.80. The van der Waals surface area contributed by atoms with Crippen LogP contribution < -0.4 is 15.5 Å². The second-order valence-electron chi connectivity index (χ2n) is 6.61. The molecule has 2 aromatic carbocycles. The van der Waals surface area contributed by atoms with Crippen LogP contribution in [0.2, 0.25) is 0 Å². The number of nitrogens with zero attached hydrogens (tertiary/aromatic N) is 1. The molecule has 0 fully saturated rings.